The fourth-order valence-corrected chi connectivity index (χ4v) is 4.03. The van der Waals surface area contributed by atoms with Crippen molar-refractivity contribution in [3.63, 3.8) is 0 Å². The minimum Gasteiger partial charge on any atom is -0.449 e. The van der Waals surface area contributed by atoms with Crippen molar-refractivity contribution in [2.75, 3.05) is 13.2 Å². The van der Waals surface area contributed by atoms with Crippen LogP contribution in [-0.4, -0.2) is 35.6 Å². The number of benzene rings is 3. The number of hydrogen-bond donors (Lipinski definition) is 3. The molecule has 3 aromatic rings. The SMILES string of the molecule is [N-]=[N+]=Nc1ccccc1C(O)C(O)CNC(=O)OCC1c2ccccc2-c2ccccc21. The summed E-state index contributed by atoms with van der Waals surface area (Å²) in [5, 5.41) is 26.7. The maximum absolute atomic E-state index is 12.3. The summed E-state index contributed by atoms with van der Waals surface area (Å²) in [5.41, 5.74) is 13.6. The third-order valence-electron chi connectivity index (χ3n) is 5.57. The van der Waals surface area contributed by atoms with Gasteiger partial charge in [0.25, 0.3) is 0 Å². The van der Waals surface area contributed by atoms with E-state index in [1.165, 1.54) is 6.07 Å². The number of aliphatic hydroxyl groups is 2. The molecule has 0 saturated carbocycles. The summed E-state index contributed by atoms with van der Waals surface area (Å²) in [6, 6.07) is 22.5. The Morgan fingerprint density at radius 3 is 2.25 bits per heavy atom. The lowest BCUT2D eigenvalue weighted by Gasteiger charge is -2.20. The van der Waals surface area contributed by atoms with E-state index in [4.69, 9.17) is 10.3 Å². The van der Waals surface area contributed by atoms with E-state index in [-0.39, 0.29) is 30.3 Å². The van der Waals surface area contributed by atoms with Crippen molar-refractivity contribution < 1.29 is 19.7 Å². The zero-order valence-electron chi connectivity index (χ0n) is 17.1. The lowest BCUT2D eigenvalue weighted by atomic mass is 9.98. The number of rotatable bonds is 7. The summed E-state index contributed by atoms with van der Waals surface area (Å²) in [5.74, 6) is -0.0700. The average Bonchev–Trinajstić information content (AvgIpc) is 3.15. The van der Waals surface area contributed by atoms with E-state index in [0.29, 0.717) is 0 Å². The van der Waals surface area contributed by atoms with E-state index < -0.39 is 18.3 Å². The van der Waals surface area contributed by atoms with Gasteiger partial charge in [-0.2, -0.15) is 0 Å². The van der Waals surface area contributed by atoms with Gasteiger partial charge in [-0.15, -0.1) is 0 Å². The smallest absolute Gasteiger partial charge is 0.407 e. The van der Waals surface area contributed by atoms with Gasteiger partial charge in [-0.1, -0.05) is 77.9 Å². The van der Waals surface area contributed by atoms with Crippen LogP contribution in [0, 0.1) is 0 Å². The molecule has 3 N–H and O–H groups in total. The second kappa shape index (κ2) is 9.53. The van der Waals surface area contributed by atoms with Crippen LogP contribution in [0.1, 0.15) is 28.7 Å². The largest absolute Gasteiger partial charge is 0.449 e. The first kappa shape index (κ1) is 21.4. The van der Waals surface area contributed by atoms with Gasteiger partial charge in [0.1, 0.15) is 18.8 Å². The van der Waals surface area contributed by atoms with Crippen LogP contribution < -0.4 is 5.32 Å². The molecule has 3 aromatic carbocycles. The third-order valence-corrected chi connectivity index (χ3v) is 5.57. The van der Waals surface area contributed by atoms with E-state index in [2.05, 4.69) is 27.5 Å². The van der Waals surface area contributed by atoms with E-state index in [0.717, 1.165) is 22.3 Å². The van der Waals surface area contributed by atoms with Gasteiger partial charge in [0.2, 0.25) is 0 Å². The second-order valence-electron chi connectivity index (χ2n) is 7.47. The van der Waals surface area contributed by atoms with Crippen molar-refractivity contribution in [2.24, 2.45) is 5.11 Å². The Morgan fingerprint density at radius 1 is 1.00 bits per heavy atom. The minimum atomic E-state index is -1.34. The summed E-state index contributed by atoms with van der Waals surface area (Å²) in [7, 11) is 0. The highest BCUT2D eigenvalue weighted by atomic mass is 16.5. The molecule has 0 aliphatic heterocycles. The Bertz CT molecular complexity index is 1130. The Kier molecular flexibility index (Phi) is 6.37. The number of carbonyl (C=O) groups is 1. The van der Waals surface area contributed by atoms with Crippen LogP contribution >= 0.6 is 0 Å². The van der Waals surface area contributed by atoms with Crippen LogP contribution in [-0.2, 0) is 4.74 Å². The molecule has 4 rings (SSSR count). The van der Waals surface area contributed by atoms with E-state index in [9.17, 15) is 15.0 Å². The van der Waals surface area contributed by atoms with E-state index in [1.54, 1.807) is 18.2 Å². The Balaban J connectivity index is 1.36. The predicted octanol–water partition coefficient (Wildman–Crippen LogP) is 4.56. The average molecular weight is 430 g/mol. The molecule has 0 heterocycles. The molecule has 162 valence electrons. The molecule has 0 fully saturated rings. The Labute approximate surface area is 184 Å². The van der Waals surface area contributed by atoms with Crippen molar-refractivity contribution in [3.8, 4) is 11.1 Å². The summed E-state index contributed by atoms with van der Waals surface area (Å²) in [4.78, 5) is 15.0. The van der Waals surface area contributed by atoms with Gasteiger partial charge >= 0.3 is 6.09 Å². The van der Waals surface area contributed by atoms with Crippen molar-refractivity contribution in [2.45, 2.75) is 18.1 Å². The number of fused-ring (bicyclic) bond motifs is 3. The minimum absolute atomic E-state index is 0.0700. The molecule has 1 aliphatic rings. The zero-order chi connectivity index (χ0) is 22.5. The van der Waals surface area contributed by atoms with Crippen molar-refractivity contribution in [1.29, 1.82) is 0 Å². The molecule has 0 saturated heterocycles. The van der Waals surface area contributed by atoms with Crippen LogP contribution in [0.5, 0.6) is 0 Å². The van der Waals surface area contributed by atoms with Crippen LogP contribution in [0.3, 0.4) is 0 Å². The van der Waals surface area contributed by atoms with Gasteiger partial charge < -0.3 is 20.3 Å². The number of aliphatic hydroxyl groups excluding tert-OH is 2. The van der Waals surface area contributed by atoms with Gasteiger partial charge in [0.15, 0.2) is 0 Å². The first-order valence-corrected chi connectivity index (χ1v) is 10.2. The molecule has 32 heavy (non-hydrogen) atoms. The lowest BCUT2D eigenvalue weighted by Crippen LogP contribution is -2.36. The van der Waals surface area contributed by atoms with Crippen molar-refractivity contribution in [3.05, 3.63) is 99.9 Å². The first-order valence-electron chi connectivity index (χ1n) is 10.2. The number of carbonyl (C=O) groups excluding carboxylic acids is 1. The molecule has 8 heteroatoms. The van der Waals surface area contributed by atoms with Gasteiger partial charge in [-0.25, -0.2) is 4.79 Å². The highest BCUT2D eigenvalue weighted by Crippen LogP contribution is 2.44. The summed E-state index contributed by atoms with van der Waals surface area (Å²) in [6.45, 7) is -0.0827. The van der Waals surface area contributed by atoms with Gasteiger partial charge in [0.05, 0.1) is 0 Å². The normalized spacial score (nSPS) is 13.9. The van der Waals surface area contributed by atoms with E-state index >= 15 is 0 Å². The highest BCUT2D eigenvalue weighted by Gasteiger charge is 2.29. The summed E-state index contributed by atoms with van der Waals surface area (Å²) >= 11 is 0. The first-order chi connectivity index (χ1) is 15.6. The fourth-order valence-electron chi connectivity index (χ4n) is 4.03. The third kappa shape index (κ3) is 4.29. The summed E-state index contributed by atoms with van der Waals surface area (Å²) in [6.07, 6.45) is -3.35. The molecule has 0 aromatic heterocycles. The number of amides is 1. The number of nitrogens with zero attached hydrogens (tertiary/aromatic N) is 3. The molecule has 1 aliphatic carbocycles. The molecular formula is C24H22N4O4. The van der Waals surface area contributed by atoms with E-state index in [1.807, 2.05) is 36.4 Å². The molecule has 0 spiro atoms. The lowest BCUT2D eigenvalue weighted by molar-refractivity contribution is 0.0189. The van der Waals surface area contributed by atoms with Crippen molar-refractivity contribution >= 4 is 11.8 Å². The van der Waals surface area contributed by atoms with Gasteiger partial charge in [0, 0.05) is 23.1 Å². The zero-order valence-corrected chi connectivity index (χ0v) is 17.1. The second-order valence-corrected chi connectivity index (χ2v) is 7.47. The number of hydrogen-bond acceptors (Lipinski definition) is 5. The molecule has 1 amide bonds. The maximum atomic E-state index is 12.3. The Morgan fingerprint density at radius 2 is 1.59 bits per heavy atom. The summed E-state index contributed by atoms with van der Waals surface area (Å²) < 4.78 is 5.43. The number of nitrogens with one attached hydrogen (secondary N) is 1. The predicted molar refractivity (Wildman–Crippen MR) is 119 cm³/mol. The fraction of sp³-hybridized carbons (Fsp3) is 0.208. The molecule has 0 bridgehead atoms. The van der Waals surface area contributed by atoms with Crippen molar-refractivity contribution in [1.82, 2.24) is 5.32 Å². The molecular weight excluding hydrogens is 408 g/mol. The maximum Gasteiger partial charge on any atom is 0.407 e. The van der Waals surface area contributed by atoms with Gasteiger partial charge in [-0.3, -0.25) is 0 Å². The Hall–Kier alpha value is -3.84. The molecule has 2 atom stereocenters. The molecule has 8 nitrogen and oxygen atoms in total. The van der Waals surface area contributed by atoms with Crippen LogP contribution in [0.2, 0.25) is 0 Å². The number of ether oxygens (including phenoxy) is 1. The highest BCUT2D eigenvalue weighted by molar-refractivity contribution is 5.79. The van der Waals surface area contributed by atoms with Gasteiger partial charge in [-0.05, 0) is 33.3 Å². The van der Waals surface area contributed by atoms with Crippen LogP contribution in [0.15, 0.2) is 77.9 Å². The molecule has 2 unspecified atom stereocenters. The van der Waals surface area contributed by atoms with Crippen LogP contribution in [0.25, 0.3) is 21.6 Å². The van der Waals surface area contributed by atoms with Crippen LogP contribution in [0.4, 0.5) is 10.5 Å². The quantitative estimate of drug-likeness (QED) is 0.288. The topological polar surface area (TPSA) is 128 Å². The monoisotopic (exact) mass is 430 g/mol. The molecule has 0 radical (unpaired) electrons. The number of azide groups is 1. The standard InChI is InChI=1S/C24H22N4O4/c25-28-27-21-12-6-5-11-19(21)23(30)22(29)13-26-24(31)32-14-20-17-9-3-1-7-15(17)16-8-2-4-10-18(16)20/h1-12,20,22-23,29-30H,13-14H2,(H,26,31). The number of alkyl carbamates (subject to hydrolysis) is 1.